The Balaban J connectivity index is 0. The van der Waals surface area contributed by atoms with Crippen LogP contribution >= 0.6 is 0 Å². The van der Waals surface area contributed by atoms with E-state index in [1.165, 1.54) is 0 Å². The van der Waals surface area contributed by atoms with E-state index in [0.717, 1.165) is 0 Å². The average molecular weight is 117 g/mol. The van der Waals surface area contributed by atoms with E-state index >= 15 is 0 Å². The average Bonchev–Trinajstić information content (AvgIpc) is 0.811. The number of rotatable bonds is 0. The first-order valence-corrected chi connectivity index (χ1v) is 1.28. The van der Waals surface area contributed by atoms with Crippen molar-refractivity contribution in [1.29, 1.82) is 0 Å². The monoisotopic (exact) mass is 117 g/mol. The van der Waals surface area contributed by atoms with Gasteiger partial charge in [0.15, 0.2) is 0 Å². The third-order valence-electron chi connectivity index (χ3n) is 0. The molecule has 0 saturated heterocycles. The Labute approximate surface area is 63.3 Å². The molecule has 0 amide bonds. The molecule has 2 nitrogen and oxygen atoms in total. The zero-order chi connectivity index (χ0) is 3.58. The molecule has 0 radical (unpaired) electrons. The smallest absolute Gasteiger partial charge is 0.393 e. The van der Waals surface area contributed by atoms with Crippen LogP contribution in [-0.2, 0) is 25.6 Å². The van der Waals surface area contributed by atoms with Gasteiger partial charge in [-0.25, -0.2) is 0 Å². The van der Waals surface area contributed by atoms with E-state index in [-0.39, 0.29) is 33.1 Å². The maximum Gasteiger partial charge on any atom is 1.00 e. The third kappa shape index (κ3) is 43.1. The Morgan fingerprint density at radius 2 is 1.40 bits per heavy atom. The molecule has 0 aliphatic rings. The molecular formula is NNaOS2. The van der Waals surface area contributed by atoms with Crippen molar-refractivity contribution >= 4 is 25.6 Å². The van der Waals surface area contributed by atoms with Crippen LogP contribution in [0.4, 0.5) is 0 Å². The minimum absolute atomic E-state index is 0. The van der Waals surface area contributed by atoms with Crippen molar-refractivity contribution in [3.63, 3.8) is 0 Å². The van der Waals surface area contributed by atoms with Crippen molar-refractivity contribution in [1.82, 2.24) is 0 Å². The van der Waals surface area contributed by atoms with Gasteiger partial charge in [0.1, 0.15) is 0 Å². The molecule has 0 aromatic carbocycles. The van der Waals surface area contributed by atoms with Gasteiger partial charge in [0, 0.05) is 0 Å². The predicted octanol–water partition coefficient (Wildman–Crippen LogP) is -3.31. The first-order valence-electron chi connectivity index (χ1n) is 0.548. The first kappa shape index (κ1) is 9.40. The molecule has 0 aliphatic carbocycles. The van der Waals surface area contributed by atoms with Crippen LogP contribution in [0.3, 0.4) is 0 Å². The first-order chi connectivity index (χ1) is 1.73. The summed E-state index contributed by atoms with van der Waals surface area (Å²) in [6.45, 7) is 0. The van der Waals surface area contributed by atoms with Crippen LogP contribution in [0.1, 0.15) is 0 Å². The van der Waals surface area contributed by atoms with Gasteiger partial charge < -0.3 is 25.6 Å². The van der Waals surface area contributed by atoms with Crippen molar-refractivity contribution < 1.29 is 33.1 Å². The number of nitroso groups, excluding NO2 is 1. The summed E-state index contributed by atoms with van der Waals surface area (Å²) in [4.78, 5) is 8.99. The standard InChI is InChI=1S/NOS2.Na/c2-1(3)4;/q-1;+1. The van der Waals surface area contributed by atoms with Crippen LogP contribution in [0, 0.1) is 4.91 Å². The molecule has 5 heavy (non-hydrogen) atoms. The summed E-state index contributed by atoms with van der Waals surface area (Å²) in [5, 5.41) is 0. The van der Waals surface area contributed by atoms with E-state index in [1.54, 1.807) is 0 Å². The molecule has 0 atom stereocenters. The molecule has 0 bridgehead atoms. The molecule has 0 heterocycles. The van der Waals surface area contributed by atoms with Crippen molar-refractivity contribution in [2.75, 3.05) is 0 Å². The second-order valence-electron chi connectivity index (χ2n) is 0.224. The molecule has 0 fully saturated rings. The van der Waals surface area contributed by atoms with E-state index < -0.39 is 0 Å². The van der Waals surface area contributed by atoms with Crippen LogP contribution in [0.5, 0.6) is 0 Å². The summed E-state index contributed by atoms with van der Waals surface area (Å²) in [7, 11) is 0. The van der Waals surface area contributed by atoms with Gasteiger partial charge in [-0.05, 0) is 4.91 Å². The fourth-order valence-electron chi connectivity index (χ4n) is 0. The van der Waals surface area contributed by atoms with Crippen LogP contribution in [0.15, 0.2) is 0 Å². The molecule has 0 spiro atoms. The van der Waals surface area contributed by atoms with E-state index in [2.05, 4.69) is 25.6 Å². The van der Waals surface area contributed by atoms with E-state index in [1.807, 2.05) is 0 Å². The van der Waals surface area contributed by atoms with Crippen molar-refractivity contribution in [3.05, 3.63) is 4.91 Å². The minimum Gasteiger partial charge on any atom is -0.393 e. The molecule has 0 aromatic rings. The van der Waals surface area contributed by atoms with Gasteiger partial charge in [-0.15, -0.1) is 0 Å². The van der Waals surface area contributed by atoms with E-state index in [4.69, 9.17) is 4.91 Å². The minimum atomic E-state index is -0.0833. The zero-order valence-corrected chi connectivity index (χ0v) is 6.30. The van der Waals surface area contributed by atoms with Gasteiger partial charge in [-0.3, -0.25) is 0 Å². The molecule has 0 aliphatic heterocycles. The molecule has 5 heteroatoms. The van der Waals surface area contributed by atoms with Crippen molar-refractivity contribution in [2.24, 2.45) is 0 Å². The molecule has 0 saturated carbocycles. The summed E-state index contributed by atoms with van der Waals surface area (Å²) in [6.07, 6.45) is 0. The van der Waals surface area contributed by atoms with Gasteiger partial charge in [0.25, 0.3) is 0 Å². The molecule has 0 N–H and O–H groups in total. The fraction of sp³-hybridized carbons (Fsp3) is 0. The van der Waals surface area contributed by atoms with Crippen molar-refractivity contribution in [2.45, 2.75) is 0 Å². The summed E-state index contributed by atoms with van der Waals surface area (Å²) < 4.78 is -0.0833. The number of hydrogen-bond acceptors (Lipinski definition) is 3. The normalized spacial score (nSPS) is 4.80. The van der Waals surface area contributed by atoms with Gasteiger partial charge in [0.05, 0.1) is 0 Å². The SMILES string of the molecule is O=[N+]([S-])[S-].[Na+]. The van der Waals surface area contributed by atoms with Gasteiger partial charge in [0.2, 0.25) is 0 Å². The maximum atomic E-state index is 8.99. The topological polar surface area (TPSA) is 20.1 Å². The maximum absolute atomic E-state index is 8.99. The zero-order valence-electron chi connectivity index (χ0n) is 2.67. The number of nitrogens with zero attached hydrogens (tertiary/aromatic N) is 1. The summed E-state index contributed by atoms with van der Waals surface area (Å²) in [6, 6.07) is 0. The van der Waals surface area contributed by atoms with Gasteiger partial charge in [-0.1, -0.05) is 0 Å². The molecular weight excluding hydrogens is 117 g/mol. The Hall–Kier alpha value is 1.04. The van der Waals surface area contributed by atoms with E-state index in [0.29, 0.717) is 0 Å². The quantitative estimate of drug-likeness (QED) is 0.188. The van der Waals surface area contributed by atoms with Crippen LogP contribution in [-0.4, -0.2) is 3.57 Å². The summed E-state index contributed by atoms with van der Waals surface area (Å²) in [5.74, 6) is 0. The van der Waals surface area contributed by atoms with Gasteiger partial charge >= 0.3 is 29.6 Å². The van der Waals surface area contributed by atoms with Crippen LogP contribution in [0.25, 0.3) is 0 Å². The van der Waals surface area contributed by atoms with E-state index in [9.17, 15) is 0 Å². The summed E-state index contributed by atoms with van der Waals surface area (Å²) >= 11 is 7.43. The summed E-state index contributed by atoms with van der Waals surface area (Å²) in [5.41, 5.74) is 0. The second-order valence-corrected chi connectivity index (χ2v) is 1.12. The van der Waals surface area contributed by atoms with Crippen LogP contribution < -0.4 is 29.6 Å². The Morgan fingerprint density at radius 3 is 1.40 bits per heavy atom. The molecule has 0 aromatic heterocycles. The Bertz CT molecular complexity index is 32.6. The second kappa shape index (κ2) is 5.04. The molecule has 0 unspecified atom stereocenters. The molecule has 24 valence electrons. The Morgan fingerprint density at radius 1 is 1.40 bits per heavy atom. The fourth-order valence-corrected chi connectivity index (χ4v) is 0. The van der Waals surface area contributed by atoms with Gasteiger partial charge in [-0.2, -0.15) is 3.57 Å². The number of hydrogen-bond donors (Lipinski definition) is 0. The largest absolute Gasteiger partial charge is 1.00 e. The Kier molecular flexibility index (Phi) is 9.48. The van der Waals surface area contributed by atoms with Crippen molar-refractivity contribution in [3.8, 4) is 0 Å². The van der Waals surface area contributed by atoms with Crippen LogP contribution in [0.2, 0.25) is 0 Å². The predicted molar refractivity (Wildman–Crippen MR) is 18.4 cm³/mol. The third-order valence-corrected chi connectivity index (χ3v) is 0. The molecule has 0 rings (SSSR count).